The maximum Gasteiger partial charge on any atom is 0.0637 e. The van der Waals surface area contributed by atoms with E-state index in [1.165, 1.54) is 0 Å². The monoisotopic (exact) mass is 237 g/mol. The van der Waals surface area contributed by atoms with Crippen LogP contribution >= 0.6 is 0 Å². The molecule has 0 spiro atoms. The van der Waals surface area contributed by atoms with Gasteiger partial charge in [-0.05, 0) is 26.8 Å². The van der Waals surface area contributed by atoms with Crippen LogP contribution in [0.3, 0.4) is 0 Å². The fourth-order valence-corrected chi connectivity index (χ4v) is 1.76. The van der Waals surface area contributed by atoms with Crippen LogP contribution in [0.25, 0.3) is 0 Å². The van der Waals surface area contributed by atoms with Crippen LogP contribution in [-0.2, 0) is 4.74 Å². The highest BCUT2D eigenvalue weighted by Crippen LogP contribution is 2.19. The summed E-state index contributed by atoms with van der Waals surface area (Å²) in [6.45, 7) is 8.95. The average molecular weight is 237 g/mol. The summed E-state index contributed by atoms with van der Waals surface area (Å²) in [5.41, 5.74) is 2.20. The number of aromatic nitrogens is 1. The van der Waals surface area contributed by atoms with Gasteiger partial charge in [-0.25, -0.2) is 0 Å². The van der Waals surface area contributed by atoms with Gasteiger partial charge in [0.1, 0.15) is 0 Å². The third kappa shape index (κ3) is 4.23. The smallest absolute Gasteiger partial charge is 0.0637 e. The minimum Gasteiger partial charge on any atom is -0.384 e. The second-order valence-corrected chi connectivity index (χ2v) is 4.24. The molecule has 0 bridgehead atoms. The number of methoxy groups -OCH3 is 1. The molecule has 0 saturated carbocycles. The van der Waals surface area contributed by atoms with Crippen LogP contribution in [0.4, 0.5) is 11.4 Å². The molecular formula is C13H23N3O. The van der Waals surface area contributed by atoms with E-state index in [-0.39, 0.29) is 0 Å². The first kappa shape index (κ1) is 13.8. The van der Waals surface area contributed by atoms with E-state index in [9.17, 15) is 0 Å². The summed E-state index contributed by atoms with van der Waals surface area (Å²) < 4.78 is 5.14. The Bertz CT molecular complexity index is 328. The molecule has 1 N–H and O–H groups in total. The molecule has 17 heavy (non-hydrogen) atoms. The Kier molecular flexibility index (Phi) is 5.77. The molecule has 4 heteroatoms. The fraction of sp³-hybridized carbons (Fsp3) is 0.615. The van der Waals surface area contributed by atoms with Crippen LogP contribution in [0.15, 0.2) is 18.5 Å². The van der Waals surface area contributed by atoms with Crippen LogP contribution in [0.2, 0.25) is 0 Å². The minimum atomic E-state index is 0.434. The third-order valence-electron chi connectivity index (χ3n) is 2.60. The number of ether oxygens (including phenoxy) is 1. The summed E-state index contributed by atoms with van der Waals surface area (Å²) >= 11 is 0. The predicted octanol–water partition coefficient (Wildman–Crippen LogP) is 2.37. The van der Waals surface area contributed by atoms with Crippen molar-refractivity contribution in [2.24, 2.45) is 0 Å². The lowest BCUT2D eigenvalue weighted by Crippen LogP contribution is -2.33. The van der Waals surface area contributed by atoms with Crippen LogP contribution in [-0.4, -0.2) is 37.8 Å². The van der Waals surface area contributed by atoms with Crippen molar-refractivity contribution in [3.63, 3.8) is 0 Å². The zero-order valence-corrected chi connectivity index (χ0v) is 11.2. The zero-order chi connectivity index (χ0) is 12.7. The molecule has 0 atom stereocenters. The molecule has 0 amide bonds. The van der Waals surface area contributed by atoms with E-state index in [0.717, 1.165) is 31.1 Å². The zero-order valence-electron chi connectivity index (χ0n) is 11.2. The molecule has 1 aromatic heterocycles. The van der Waals surface area contributed by atoms with Crippen LogP contribution in [0.5, 0.6) is 0 Å². The van der Waals surface area contributed by atoms with Crippen molar-refractivity contribution in [3.05, 3.63) is 18.5 Å². The number of nitrogens with one attached hydrogen (secondary N) is 1. The first-order chi connectivity index (χ1) is 8.19. The highest BCUT2D eigenvalue weighted by Gasteiger charge is 2.10. The molecule has 0 aliphatic carbocycles. The van der Waals surface area contributed by atoms with Gasteiger partial charge < -0.3 is 15.0 Å². The lowest BCUT2D eigenvalue weighted by atomic mass is 10.2. The summed E-state index contributed by atoms with van der Waals surface area (Å²) in [4.78, 5) is 6.56. The number of rotatable bonds is 7. The van der Waals surface area contributed by atoms with Gasteiger partial charge in [-0.3, -0.25) is 4.98 Å². The molecule has 0 fully saturated rings. The molecule has 1 rings (SSSR count). The Labute approximate surface area is 104 Å². The molecule has 1 aromatic rings. The van der Waals surface area contributed by atoms with Gasteiger partial charge in [0.25, 0.3) is 0 Å². The van der Waals surface area contributed by atoms with Gasteiger partial charge in [0.2, 0.25) is 0 Å². The van der Waals surface area contributed by atoms with Gasteiger partial charge in [-0.15, -0.1) is 0 Å². The molecule has 1 heterocycles. The largest absolute Gasteiger partial charge is 0.384 e. The Hall–Kier alpha value is -1.29. The van der Waals surface area contributed by atoms with Crippen LogP contribution in [0.1, 0.15) is 20.8 Å². The second-order valence-electron chi connectivity index (χ2n) is 4.24. The molecule has 0 unspecified atom stereocenters. The van der Waals surface area contributed by atoms with Crippen molar-refractivity contribution in [1.82, 2.24) is 4.98 Å². The van der Waals surface area contributed by atoms with Crippen molar-refractivity contribution in [2.45, 2.75) is 26.8 Å². The fourth-order valence-electron chi connectivity index (χ4n) is 1.76. The summed E-state index contributed by atoms with van der Waals surface area (Å²) in [5, 5.41) is 3.28. The maximum atomic E-state index is 5.14. The molecule has 0 aliphatic heterocycles. The van der Waals surface area contributed by atoms with Crippen molar-refractivity contribution in [2.75, 3.05) is 37.0 Å². The molecule has 0 aliphatic rings. The molecule has 96 valence electrons. The van der Waals surface area contributed by atoms with Gasteiger partial charge in [0.15, 0.2) is 0 Å². The average Bonchev–Trinajstić information content (AvgIpc) is 2.30. The molecule has 0 radical (unpaired) electrons. The number of hydrogen-bond donors (Lipinski definition) is 1. The molecule has 0 saturated heterocycles. The van der Waals surface area contributed by atoms with Crippen molar-refractivity contribution < 1.29 is 4.74 Å². The van der Waals surface area contributed by atoms with E-state index < -0.39 is 0 Å². The van der Waals surface area contributed by atoms with E-state index in [1.54, 1.807) is 7.11 Å². The highest BCUT2D eigenvalue weighted by atomic mass is 16.5. The SMILES string of the molecule is CCNc1cncc(N(CCOC)C(C)C)c1. The van der Waals surface area contributed by atoms with E-state index >= 15 is 0 Å². The summed E-state index contributed by atoms with van der Waals surface area (Å²) in [6, 6.07) is 2.57. The molecule has 4 nitrogen and oxygen atoms in total. The van der Waals surface area contributed by atoms with E-state index in [2.05, 4.69) is 42.0 Å². The van der Waals surface area contributed by atoms with Crippen LogP contribution < -0.4 is 10.2 Å². The van der Waals surface area contributed by atoms with Crippen molar-refractivity contribution in [3.8, 4) is 0 Å². The van der Waals surface area contributed by atoms with Crippen molar-refractivity contribution >= 4 is 11.4 Å². The Morgan fingerprint density at radius 3 is 2.76 bits per heavy atom. The normalized spacial score (nSPS) is 10.6. The standard InChI is InChI=1S/C13H23N3O/c1-5-15-12-8-13(10-14-9-12)16(11(2)3)6-7-17-4/h8-11,15H,5-7H2,1-4H3. The first-order valence-corrected chi connectivity index (χ1v) is 6.13. The van der Waals surface area contributed by atoms with Gasteiger partial charge >= 0.3 is 0 Å². The van der Waals surface area contributed by atoms with Gasteiger partial charge in [-0.2, -0.15) is 0 Å². The van der Waals surface area contributed by atoms with Gasteiger partial charge in [-0.1, -0.05) is 0 Å². The highest BCUT2D eigenvalue weighted by molar-refractivity contribution is 5.56. The molecular weight excluding hydrogens is 214 g/mol. The van der Waals surface area contributed by atoms with Crippen molar-refractivity contribution in [1.29, 1.82) is 0 Å². The quantitative estimate of drug-likeness (QED) is 0.790. The third-order valence-corrected chi connectivity index (χ3v) is 2.60. The first-order valence-electron chi connectivity index (χ1n) is 6.13. The van der Waals surface area contributed by atoms with Gasteiger partial charge in [0, 0.05) is 26.2 Å². The summed E-state index contributed by atoms with van der Waals surface area (Å²) in [5.74, 6) is 0. The summed E-state index contributed by atoms with van der Waals surface area (Å²) in [7, 11) is 1.73. The van der Waals surface area contributed by atoms with E-state index in [4.69, 9.17) is 4.74 Å². The van der Waals surface area contributed by atoms with E-state index in [0.29, 0.717) is 6.04 Å². The number of nitrogens with zero attached hydrogens (tertiary/aromatic N) is 2. The predicted molar refractivity (Wildman–Crippen MR) is 72.8 cm³/mol. The molecule has 0 aromatic carbocycles. The van der Waals surface area contributed by atoms with E-state index in [1.807, 2.05) is 12.4 Å². The van der Waals surface area contributed by atoms with Gasteiger partial charge in [0.05, 0.1) is 30.4 Å². The Morgan fingerprint density at radius 1 is 1.41 bits per heavy atom. The lowest BCUT2D eigenvalue weighted by molar-refractivity contribution is 0.204. The Morgan fingerprint density at radius 2 is 2.18 bits per heavy atom. The van der Waals surface area contributed by atoms with Crippen LogP contribution in [0, 0.1) is 0 Å². The minimum absolute atomic E-state index is 0.434. The summed E-state index contributed by atoms with van der Waals surface area (Å²) in [6.07, 6.45) is 3.75. The number of anilines is 2. The number of hydrogen-bond acceptors (Lipinski definition) is 4. The Balaban J connectivity index is 2.81. The number of pyridine rings is 1. The topological polar surface area (TPSA) is 37.4 Å². The lowest BCUT2D eigenvalue weighted by Gasteiger charge is -2.28. The second kappa shape index (κ2) is 7.12. The maximum absolute atomic E-state index is 5.14.